The van der Waals surface area contributed by atoms with E-state index in [9.17, 15) is 5.11 Å². The van der Waals surface area contributed by atoms with Gasteiger partial charge in [0.2, 0.25) is 0 Å². The van der Waals surface area contributed by atoms with E-state index in [2.05, 4.69) is 0 Å². The lowest BCUT2D eigenvalue weighted by Gasteiger charge is -2.25. The topological polar surface area (TPSA) is 55.5 Å². The van der Waals surface area contributed by atoms with Crippen LogP contribution in [0.1, 0.15) is 39.0 Å². The lowest BCUT2D eigenvalue weighted by Crippen LogP contribution is -2.37. The van der Waals surface area contributed by atoms with Crippen molar-refractivity contribution in [3.63, 3.8) is 0 Å². The lowest BCUT2D eigenvalue weighted by molar-refractivity contribution is 0.0360. The molecule has 0 aromatic carbocycles. The first-order chi connectivity index (χ1) is 7.70. The highest BCUT2D eigenvalue weighted by Crippen LogP contribution is 2.24. The monoisotopic (exact) mass is 247 g/mol. The van der Waals surface area contributed by atoms with Crippen LogP contribution in [0.25, 0.3) is 0 Å². The standard InChI is InChI=1S/C12H25NO2S/c1-2-12(14,10-13)6-3-9-16-11-4-7-15-8-5-11/h11,14H,2-10,13H2,1H3. The summed E-state index contributed by atoms with van der Waals surface area (Å²) in [5.41, 5.74) is 4.94. The molecule has 1 rings (SSSR count). The smallest absolute Gasteiger partial charge is 0.0767 e. The Bertz CT molecular complexity index is 180. The van der Waals surface area contributed by atoms with E-state index in [1.54, 1.807) is 0 Å². The first-order valence-electron chi connectivity index (χ1n) is 6.32. The van der Waals surface area contributed by atoms with Crippen LogP contribution < -0.4 is 5.73 Å². The summed E-state index contributed by atoms with van der Waals surface area (Å²) >= 11 is 2.03. The zero-order chi connectivity index (χ0) is 11.9. The molecule has 0 aliphatic carbocycles. The largest absolute Gasteiger partial charge is 0.389 e. The van der Waals surface area contributed by atoms with Crippen molar-refractivity contribution in [1.29, 1.82) is 0 Å². The zero-order valence-electron chi connectivity index (χ0n) is 10.3. The fourth-order valence-electron chi connectivity index (χ4n) is 1.92. The maximum absolute atomic E-state index is 10.0. The molecule has 4 heteroatoms. The van der Waals surface area contributed by atoms with E-state index in [0.29, 0.717) is 6.54 Å². The van der Waals surface area contributed by atoms with Crippen molar-refractivity contribution in [1.82, 2.24) is 0 Å². The van der Waals surface area contributed by atoms with Crippen molar-refractivity contribution in [3.8, 4) is 0 Å². The Kier molecular flexibility index (Phi) is 6.73. The lowest BCUT2D eigenvalue weighted by atomic mass is 9.95. The van der Waals surface area contributed by atoms with Crippen molar-refractivity contribution in [3.05, 3.63) is 0 Å². The summed E-state index contributed by atoms with van der Waals surface area (Å²) in [6, 6.07) is 0. The molecule has 3 nitrogen and oxygen atoms in total. The minimum atomic E-state index is -0.629. The highest BCUT2D eigenvalue weighted by molar-refractivity contribution is 7.99. The van der Waals surface area contributed by atoms with E-state index in [4.69, 9.17) is 10.5 Å². The summed E-state index contributed by atoms with van der Waals surface area (Å²) in [4.78, 5) is 0. The second kappa shape index (κ2) is 7.54. The third-order valence-corrected chi connectivity index (χ3v) is 4.81. The number of nitrogens with two attached hydrogens (primary N) is 1. The van der Waals surface area contributed by atoms with E-state index in [1.807, 2.05) is 18.7 Å². The summed E-state index contributed by atoms with van der Waals surface area (Å²) in [6.45, 7) is 4.21. The first-order valence-corrected chi connectivity index (χ1v) is 7.37. The van der Waals surface area contributed by atoms with Crippen LogP contribution in [0, 0.1) is 0 Å². The van der Waals surface area contributed by atoms with Crippen LogP contribution in [0.2, 0.25) is 0 Å². The predicted molar refractivity (Wildman–Crippen MR) is 69.8 cm³/mol. The van der Waals surface area contributed by atoms with Gasteiger partial charge >= 0.3 is 0 Å². The first kappa shape index (κ1) is 14.3. The van der Waals surface area contributed by atoms with Crippen molar-refractivity contribution >= 4 is 11.8 Å². The zero-order valence-corrected chi connectivity index (χ0v) is 11.1. The highest BCUT2D eigenvalue weighted by atomic mass is 32.2. The summed E-state index contributed by atoms with van der Waals surface area (Å²) in [6.07, 6.45) is 5.00. The summed E-state index contributed by atoms with van der Waals surface area (Å²) < 4.78 is 5.33. The Hall–Kier alpha value is 0.230. The maximum atomic E-state index is 10.0. The van der Waals surface area contributed by atoms with Gasteiger partial charge in [0.1, 0.15) is 0 Å². The van der Waals surface area contributed by atoms with Gasteiger partial charge in [-0.15, -0.1) is 0 Å². The number of aliphatic hydroxyl groups is 1. The second-order valence-electron chi connectivity index (χ2n) is 4.57. The molecule has 1 heterocycles. The van der Waals surface area contributed by atoms with Gasteiger partial charge in [0.05, 0.1) is 5.60 Å². The molecule has 96 valence electrons. The summed E-state index contributed by atoms with van der Waals surface area (Å²) in [7, 11) is 0. The number of hydrogen-bond acceptors (Lipinski definition) is 4. The average molecular weight is 247 g/mol. The molecule has 16 heavy (non-hydrogen) atoms. The molecule has 0 aromatic rings. The van der Waals surface area contributed by atoms with Crippen LogP contribution >= 0.6 is 11.8 Å². The fraction of sp³-hybridized carbons (Fsp3) is 1.00. The Morgan fingerprint density at radius 2 is 2.12 bits per heavy atom. The molecular formula is C12H25NO2S. The third kappa shape index (κ3) is 5.04. The van der Waals surface area contributed by atoms with Crippen LogP contribution in [0.3, 0.4) is 0 Å². The maximum Gasteiger partial charge on any atom is 0.0767 e. The van der Waals surface area contributed by atoms with Crippen LogP contribution in [-0.4, -0.2) is 41.5 Å². The van der Waals surface area contributed by atoms with Gasteiger partial charge in [-0.3, -0.25) is 0 Å². The number of hydrogen-bond donors (Lipinski definition) is 2. The van der Waals surface area contributed by atoms with Crippen LogP contribution in [0.4, 0.5) is 0 Å². The minimum absolute atomic E-state index is 0.380. The summed E-state index contributed by atoms with van der Waals surface area (Å²) in [5, 5.41) is 10.8. The van der Waals surface area contributed by atoms with E-state index < -0.39 is 5.60 Å². The molecule has 1 fully saturated rings. The third-order valence-electron chi connectivity index (χ3n) is 3.35. The number of thioether (sulfide) groups is 1. The van der Waals surface area contributed by atoms with E-state index in [0.717, 1.165) is 43.5 Å². The summed E-state index contributed by atoms with van der Waals surface area (Å²) in [5.74, 6) is 1.13. The Morgan fingerprint density at radius 1 is 1.44 bits per heavy atom. The molecule has 1 unspecified atom stereocenters. The molecule has 0 saturated carbocycles. The molecule has 1 atom stereocenters. The second-order valence-corrected chi connectivity index (χ2v) is 5.98. The number of ether oxygens (including phenoxy) is 1. The van der Waals surface area contributed by atoms with Crippen molar-refractivity contribution in [2.75, 3.05) is 25.5 Å². The molecule has 0 bridgehead atoms. The van der Waals surface area contributed by atoms with Gasteiger partial charge in [-0.2, -0.15) is 11.8 Å². The van der Waals surface area contributed by atoms with Gasteiger partial charge in [0.15, 0.2) is 0 Å². The highest BCUT2D eigenvalue weighted by Gasteiger charge is 2.22. The minimum Gasteiger partial charge on any atom is -0.389 e. The molecule has 1 aliphatic rings. The van der Waals surface area contributed by atoms with Crippen molar-refractivity contribution in [2.45, 2.75) is 49.9 Å². The van der Waals surface area contributed by atoms with E-state index >= 15 is 0 Å². The van der Waals surface area contributed by atoms with E-state index in [1.165, 1.54) is 12.8 Å². The molecular weight excluding hydrogens is 222 g/mol. The molecule has 0 aromatic heterocycles. The van der Waals surface area contributed by atoms with Gasteiger partial charge < -0.3 is 15.6 Å². The average Bonchev–Trinajstić information content (AvgIpc) is 2.36. The number of rotatable bonds is 7. The Morgan fingerprint density at radius 3 is 2.69 bits per heavy atom. The van der Waals surface area contributed by atoms with Crippen LogP contribution in [0.5, 0.6) is 0 Å². The van der Waals surface area contributed by atoms with E-state index in [-0.39, 0.29) is 0 Å². The molecule has 0 radical (unpaired) electrons. The molecule has 0 amide bonds. The molecule has 0 spiro atoms. The predicted octanol–water partition coefficient (Wildman–Crippen LogP) is 1.78. The quantitative estimate of drug-likeness (QED) is 0.673. The Labute approximate surface area is 103 Å². The normalized spacial score (nSPS) is 21.9. The molecule has 1 aliphatic heterocycles. The fourth-order valence-corrected chi connectivity index (χ4v) is 3.09. The van der Waals surface area contributed by atoms with Gasteiger partial charge in [-0.1, -0.05) is 6.92 Å². The van der Waals surface area contributed by atoms with Gasteiger partial charge in [-0.25, -0.2) is 0 Å². The van der Waals surface area contributed by atoms with Gasteiger partial charge in [0.25, 0.3) is 0 Å². The van der Waals surface area contributed by atoms with Crippen LogP contribution in [-0.2, 0) is 4.74 Å². The molecule has 1 saturated heterocycles. The Balaban J connectivity index is 2.06. The SMILES string of the molecule is CCC(O)(CN)CCCSC1CCOCC1. The van der Waals surface area contributed by atoms with Crippen molar-refractivity contribution < 1.29 is 9.84 Å². The van der Waals surface area contributed by atoms with Crippen molar-refractivity contribution in [2.24, 2.45) is 5.73 Å². The molecule has 3 N–H and O–H groups in total. The van der Waals surface area contributed by atoms with Gasteiger partial charge in [-0.05, 0) is 37.9 Å². The van der Waals surface area contributed by atoms with Crippen LogP contribution in [0.15, 0.2) is 0 Å². The van der Waals surface area contributed by atoms with Gasteiger partial charge in [0, 0.05) is 25.0 Å².